The van der Waals surface area contributed by atoms with Crippen LogP contribution in [0.25, 0.3) is 0 Å². The topological polar surface area (TPSA) is 87.5 Å². The van der Waals surface area contributed by atoms with Crippen LogP contribution in [0, 0.1) is 5.41 Å². The quantitative estimate of drug-likeness (QED) is 0.557. The third-order valence-electron chi connectivity index (χ3n) is 6.92. The summed E-state index contributed by atoms with van der Waals surface area (Å²) in [4.78, 5) is 27.0. The third-order valence-corrected chi connectivity index (χ3v) is 6.92. The maximum absolute atomic E-state index is 14.2. The van der Waals surface area contributed by atoms with Crippen LogP contribution in [-0.4, -0.2) is 47.6 Å². The number of likely N-dealkylation sites (tertiary alicyclic amines) is 1. The van der Waals surface area contributed by atoms with Gasteiger partial charge in [-0.3, -0.25) is 4.79 Å². The highest BCUT2D eigenvalue weighted by atomic mass is 19.3. The van der Waals surface area contributed by atoms with Crippen LogP contribution in [-0.2, 0) is 4.79 Å². The minimum absolute atomic E-state index is 0.310. The van der Waals surface area contributed by atoms with Crippen LogP contribution in [0.5, 0.6) is 0 Å². The van der Waals surface area contributed by atoms with Gasteiger partial charge in [-0.25, -0.2) is 13.6 Å². The number of urea groups is 1. The number of amides is 3. The summed E-state index contributed by atoms with van der Waals surface area (Å²) in [5.41, 5.74) is 5.46. The van der Waals surface area contributed by atoms with Crippen molar-refractivity contribution in [3.63, 3.8) is 0 Å². The van der Waals surface area contributed by atoms with Gasteiger partial charge in [-0.1, -0.05) is 32.6 Å². The molecule has 3 aliphatic rings. The zero-order chi connectivity index (χ0) is 21.1. The second-order valence-corrected chi connectivity index (χ2v) is 9.51. The number of nitrogens with zero attached hydrogens (tertiary/aromatic N) is 1. The van der Waals surface area contributed by atoms with E-state index < -0.39 is 36.0 Å². The van der Waals surface area contributed by atoms with Crippen LogP contribution >= 0.6 is 0 Å². The summed E-state index contributed by atoms with van der Waals surface area (Å²) in [5.74, 6) is -3.63. The van der Waals surface area contributed by atoms with E-state index in [0.29, 0.717) is 37.8 Å². The molecule has 0 bridgehead atoms. The third kappa shape index (κ3) is 6.03. The Morgan fingerprint density at radius 3 is 2.24 bits per heavy atom. The van der Waals surface area contributed by atoms with Gasteiger partial charge in [0.05, 0.1) is 5.66 Å². The number of piperidine rings is 1. The first-order valence-corrected chi connectivity index (χ1v) is 11.2. The molecule has 4 N–H and O–H groups in total. The van der Waals surface area contributed by atoms with Gasteiger partial charge in [0.25, 0.3) is 5.92 Å². The van der Waals surface area contributed by atoms with Crippen LogP contribution in [0.2, 0.25) is 0 Å². The van der Waals surface area contributed by atoms with Crippen LogP contribution in [0.15, 0.2) is 0 Å². The average molecular weight is 415 g/mol. The summed E-state index contributed by atoms with van der Waals surface area (Å²) in [7, 11) is 0. The van der Waals surface area contributed by atoms with E-state index in [1.807, 2.05) is 0 Å². The number of hydrogen-bond acceptors (Lipinski definition) is 3. The number of nitrogens with one attached hydrogen (secondary N) is 2. The van der Waals surface area contributed by atoms with Gasteiger partial charge < -0.3 is 21.3 Å². The molecule has 166 valence electrons. The number of hydrogen-bond donors (Lipinski definition) is 3. The van der Waals surface area contributed by atoms with Crippen molar-refractivity contribution in [2.24, 2.45) is 11.1 Å². The number of nitrogens with two attached hydrogens (primary N) is 1. The van der Waals surface area contributed by atoms with Gasteiger partial charge in [0.15, 0.2) is 0 Å². The second kappa shape index (κ2) is 8.74. The molecule has 0 radical (unpaired) electrons. The molecular formula is C21H36F2N4O2. The number of carbonyl (C=O) groups is 2. The highest BCUT2D eigenvalue weighted by Crippen LogP contribution is 2.44. The molecule has 3 fully saturated rings. The van der Waals surface area contributed by atoms with E-state index in [9.17, 15) is 18.4 Å². The van der Waals surface area contributed by atoms with E-state index in [1.54, 1.807) is 11.8 Å². The molecule has 0 aromatic heterocycles. The fourth-order valence-corrected chi connectivity index (χ4v) is 4.79. The summed E-state index contributed by atoms with van der Waals surface area (Å²) in [5, 5.41) is 5.20. The van der Waals surface area contributed by atoms with Crippen LogP contribution in [0.3, 0.4) is 0 Å². The van der Waals surface area contributed by atoms with Crippen molar-refractivity contribution >= 4 is 11.9 Å². The zero-order valence-electron chi connectivity index (χ0n) is 17.6. The lowest BCUT2D eigenvalue weighted by atomic mass is 9.68. The lowest BCUT2D eigenvalue weighted by molar-refractivity contribution is -0.127. The van der Waals surface area contributed by atoms with E-state index in [2.05, 4.69) is 10.6 Å². The van der Waals surface area contributed by atoms with Gasteiger partial charge >= 0.3 is 6.03 Å². The zero-order valence-corrected chi connectivity index (χ0v) is 17.6. The molecule has 1 aliphatic heterocycles. The Morgan fingerprint density at radius 1 is 1.07 bits per heavy atom. The van der Waals surface area contributed by atoms with Crippen molar-refractivity contribution in [2.45, 2.75) is 102 Å². The molecule has 1 saturated heterocycles. The smallest absolute Gasteiger partial charge is 0.318 e. The van der Waals surface area contributed by atoms with Gasteiger partial charge in [0.1, 0.15) is 6.04 Å². The standard InChI is InChI=1S/C21H36F2N4O2/c1-2-6-20(22,23)15-16(17(28)26-21(24)9-10-21)25-18(29)27-13-11-19(12-14-27)7-4-3-5-8-19/h16H,2-15,24H2,1H3,(H,25,29)(H,26,28)/t16-/m0/s1. The minimum Gasteiger partial charge on any atom is -0.336 e. The van der Waals surface area contributed by atoms with Crippen molar-refractivity contribution in [1.82, 2.24) is 15.5 Å². The number of halogens is 2. The van der Waals surface area contributed by atoms with Crippen LogP contribution in [0.1, 0.15) is 84.0 Å². The molecule has 3 rings (SSSR count). The first-order chi connectivity index (χ1) is 13.7. The summed E-state index contributed by atoms with van der Waals surface area (Å²) >= 11 is 0. The Balaban J connectivity index is 1.58. The molecule has 0 aromatic rings. The fraction of sp³-hybridized carbons (Fsp3) is 0.905. The summed E-state index contributed by atoms with van der Waals surface area (Å²) < 4.78 is 28.5. The first-order valence-electron chi connectivity index (χ1n) is 11.2. The molecule has 2 aliphatic carbocycles. The Labute approximate surface area is 172 Å². The molecule has 3 amide bonds. The normalized spacial score (nSPS) is 24.1. The molecule has 0 aromatic carbocycles. The Hall–Kier alpha value is -1.44. The lowest BCUT2D eigenvalue weighted by Crippen LogP contribution is -2.57. The highest BCUT2D eigenvalue weighted by Gasteiger charge is 2.44. The Kier molecular flexibility index (Phi) is 6.70. The van der Waals surface area contributed by atoms with Gasteiger partial charge in [-0.15, -0.1) is 0 Å². The monoisotopic (exact) mass is 414 g/mol. The van der Waals surface area contributed by atoms with Gasteiger partial charge in [-0.2, -0.15) is 0 Å². The van der Waals surface area contributed by atoms with Gasteiger partial charge in [0.2, 0.25) is 5.91 Å². The minimum atomic E-state index is -3.01. The van der Waals surface area contributed by atoms with Crippen molar-refractivity contribution in [1.29, 1.82) is 0 Å². The van der Waals surface area contributed by atoms with Crippen molar-refractivity contribution in [2.75, 3.05) is 13.1 Å². The van der Waals surface area contributed by atoms with Crippen molar-refractivity contribution < 1.29 is 18.4 Å². The van der Waals surface area contributed by atoms with Gasteiger partial charge in [0, 0.05) is 25.9 Å². The summed E-state index contributed by atoms with van der Waals surface area (Å²) in [6.07, 6.45) is 8.68. The average Bonchev–Trinajstić information content (AvgIpc) is 3.38. The van der Waals surface area contributed by atoms with Crippen LogP contribution in [0.4, 0.5) is 13.6 Å². The lowest BCUT2D eigenvalue weighted by Gasteiger charge is -2.44. The van der Waals surface area contributed by atoms with Crippen LogP contribution < -0.4 is 16.4 Å². The van der Waals surface area contributed by atoms with E-state index in [0.717, 1.165) is 12.8 Å². The molecule has 1 heterocycles. The summed E-state index contributed by atoms with van der Waals surface area (Å²) in [6.45, 7) is 2.91. The highest BCUT2D eigenvalue weighted by molar-refractivity contribution is 5.87. The molecule has 29 heavy (non-hydrogen) atoms. The van der Waals surface area contributed by atoms with Crippen molar-refractivity contribution in [3.8, 4) is 0 Å². The SMILES string of the molecule is CCCC(F)(F)C[C@H](NC(=O)N1CCC2(CCCCC2)CC1)C(=O)NC1(N)CC1. The van der Waals surface area contributed by atoms with E-state index in [-0.39, 0.29) is 6.42 Å². The predicted molar refractivity (Wildman–Crippen MR) is 107 cm³/mol. The molecule has 8 heteroatoms. The predicted octanol–water partition coefficient (Wildman–Crippen LogP) is 3.50. The largest absolute Gasteiger partial charge is 0.336 e. The molecule has 1 spiro atoms. The summed E-state index contributed by atoms with van der Waals surface area (Å²) in [6, 6.07) is -1.71. The van der Waals surface area contributed by atoms with Crippen molar-refractivity contribution in [3.05, 3.63) is 0 Å². The van der Waals surface area contributed by atoms with Gasteiger partial charge in [-0.05, 0) is 43.9 Å². The Bertz CT molecular complexity index is 593. The molecule has 1 atom stereocenters. The van der Waals surface area contributed by atoms with E-state index in [4.69, 9.17) is 5.73 Å². The number of rotatable bonds is 7. The maximum Gasteiger partial charge on any atom is 0.318 e. The molecule has 6 nitrogen and oxygen atoms in total. The first kappa shape index (κ1) is 22.2. The molecular weight excluding hydrogens is 378 g/mol. The molecule has 2 saturated carbocycles. The Morgan fingerprint density at radius 2 is 1.69 bits per heavy atom. The fourth-order valence-electron chi connectivity index (χ4n) is 4.79. The second-order valence-electron chi connectivity index (χ2n) is 9.51. The molecule has 0 unspecified atom stereocenters. The van der Waals surface area contributed by atoms with E-state index in [1.165, 1.54) is 32.1 Å². The maximum atomic E-state index is 14.2. The number of alkyl halides is 2. The number of carbonyl (C=O) groups excluding carboxylic acids is 2. The van der Waals surface area contributed by atoms with E-state index >= 15 is 0 Å².